The highest BCUT2D eigenvalue weighted by Gasteiger charge is 2.72. The Morgan fingerprint density at radius 1 is 1.07 bits per heavy atom. The molecule has 5 aliphatic rings. The molecule has 216 valence electrons. The molecule has 0 unspecified atom stereocenters. The number of piperidine rings is 1. The normalized spacial score (nSPS) is 33.8. The monoisotopic (exact) mass is 568 g/mol. The van der Waals surface area contributed by atoms with Gasteiger partial charge in [0, 0.05) is 35.9 Å². The van der Waals surface area contributed by atoms with E-state index in [4.69, 9.17) is 16.3 Å². The first-order valence-corrected chi connectivity index (χ1v) is 15.6. The van der Waals surface area contributed by atoms with Crippen molar-refractivity contribution in [1.29, 1.82) is 0 Å². The lowest BCUT2D eigenvalue weighted by Crippen LogP contribution is -2.57. The number of carbonyl (C=O) groups is 3. The highest BCUT2D eigenvalue weighted by atomic mass is 35.5. The van der Waals surface area contributed by atoms with Gasteiger partial charge in [-0.15, -0.1) is 0 Å². The van der Waals surface area contributed by atoms with Crippen LogP contribution in [0.3, 0.4) is 0 Å². The standard InChI is InChI=1S/C31H41ClN4O4/c1-2-23-13-6-7-16-35(23)17-18-36-27(29(38)33-21-10-4-3-5-11-21)31-15-14-24(40-31)25(26(31)30(36)39)28(37)34-22-12-8-9-20(32)19-22/h8-9,12,14-15,19,21,23-27H,2-7,10-11,13,16-18H2,1H3,(H,33,38)(H,34,37)/t23-,24+,25+,26+,27+,31+/m1/s1. The number of anilines is 1. The van der Waals surface area contributed by atoms with Crippen molar-refractivity contribution in [3.8, 4) is 0 Å². The summed E-state index contributed by atoms with van der Waals surface area (Å²) in [6.45, 7) is 4.39. The molecule has 2 bridgehead atoms. The molecule has 1 aliphatic carbocycles. The van der Waals surface area contributed by atoms with E-state index in [9.17, 15) is 14.4 Å². The number of amides is 3. The molecule has 4 aliphatic heterocycles. The van der Waals surface area contributed by atoms with Crippen LogP contribution in [0.5, 0.6) is 0 Å². The second-order valence-corrected chi connectivity index (χ2v) is 12.6. The number of nitrogens with zero attached hydrogens (tertiary/aromatic N) is 2. The molecule has 2 N–H and O–H groups in total. The van der Waals surface area contributed by atoms with Crippen molar-refractivity contribution in [2.24, 2.45) is 11.8 Å². The molecular weight excluding hydrogens is 528 g/mol. The average Bonchev–Trinajstić information content (AvgIpc) is 3.60. The summed E-state index contributed by atoms with van der Waals surface area (Å²) >= 11 is 6.14. The Balaban J connectivity index is 1.27. The molecule has 40 heavy (non-hydrogen) atoms. The Morgan fingerprint density at radius 3 is 2.65 bits per heavy atom. The molecule has 4 fully saturated rings. The van der Waals surface area contributed by atoms with Crippen LogP contribution in [0.25, 0.3) is 0 Å². The van der Waals surface area contributed by atoms with Crippen LogP contribution >= 0.6 is 11.6 Å². The van der Waals surface area contributed by atoms with E-state index in [2.05, 4.69) is 22.5 Å². The summed E-state index contributed by atoms with van der Waals surface area (Å²) in [5.41, 5.74) is -0.564. The van der Waals surface area contributed by atoms with E-state index in [1.54, 1.807) is 29.2 Å². The van der Waals surface area contributed by atoms with E-state index in [1.807, 2.05) is 12.2 Å². The van der Waals surface area contributed by atoms with Crippen LogP contribution in [0, 0.1) is 11.8 Å². The second-order valence-electron chi connectivity index (χ2n) is 12.2. The van der Waals surface area contributed by atoms with Gasteiger partial charge in [-0.3, -0.25) is 19.3 Å². The summed E-state index contributed by atoms with van der Waals surface area (Å²) in [5.74, 6) is -2.06. The zero-order valence-corrected chi connectivity index (χ0v) is 24.1. The van der Waals surface area contributed by atoms with Crippen molar-refractivity contribution < 1.29 is 19.1 Å². The number of carbonyl (C=O) groups excluding carboxylic acids is 3. The highest BCUT2D eigenvalue weighted by Crippen LogP contribution is 2.55. The van der Waals surface area contributed by atoms with Gasteiger partial charge in [0.25, 0.3) is 0 Å². The highest BCUT2D eigenvalue weighted by molar-refractivity contribution is 6.30. The number of likely N-dealkylation sites (tertiary alicyclic amines) is 2. The van der Waals surface area contributed by atoms with Crippen molar-refractivity contribution >= 4 is 35.0 Å². The fourth-order valence-electron chi connectivity index (χ4n) is 7.88. The van der Waals surface area contributed by atoms with Gasteiger partial charge in [-0.05, 0) is 56.8 Å². The minimum absolute atomic E-state index is 0.115. The zero-order valence-electron chi connectivity index (χ0n) is 23.3. The van der Waals surface area contributed by atoms with Gasteiger partial charge in [0.15, 0.2) is 0 Å². The Morgan fingerprint density at radius 2 is 1.88 bits per heavy atom. The number of rotatable bonds is 8. The van der Waals surface area contributed by atoms with Gasteiger partial charge in [-0.2, -0.15) is 0 Å². The molecule has 0 radical (unpaired) electrons. The summed E-state index contributed by atoms with van der Waals surface area (Å²) in [4.78, 5) is 46.1. The first kappa shape index (κ1) is 27.7. The van der Waals surface area contributed by atoms with Crippen molar-refractivity contribution in [2.45, 2.75) is 94.5 Å². The number of ether oxygens (including phenoxy) is 1. The fourth-order valence-corrected chi connectivity index (χ4v) is 8.07. The molecule has 4 heterocycles. The third-order valence-electron chi connectivity index (χ3n) is 9.82. The zero-order chi connectivity index (χ0) is 27.9. The second kappa shape index (κ2) is 11.5. The Hall–Kier alpha value is -2.42. The predicted molar refractivity (Wildman–Crippen MR) is 154 cm³/mol. The van der Waals surface area contributed by atoms with Gasteiger partial charge in [-0.1, -0.05) is 62.4 Å². The molecule has 3 saturated heterocycles. The van der Waals surface area contributed by atoms with Crippen molar-refractivity contribution in [3.05, 3.63) is 41.4 Å². The topological polar surface area (TPSA) is 91.0 Å². The largest absolute Gasteiger partial charge is 0.359 e. The maximum atomic E-state index is 14.2. The van der Waals surface area contributed by atoms with Crippen LogP contribution in [0.4, 0.5) is 5.69 Å². The molecule has 3 amide bonds. The third kappa shape index (κ3) is 4.96. The van der Waals surface area contributed by atoms with Crippen LogP contribution in [0.15, 0.2) is 36.4 Å². The minimum Gasteiger partial charge on any atom is -0.359 e. The van der Waals surface area contributed by atoms with Gasteiger partial charge in [0.1, 0.15) is 11.6 Å². The Kier molecular flexibility index (Phi) is 7.94. The number of hydrogen-bond acceptors (Lipinski definition) is 5. The molecule has 6 atom stereocenters. The van der Waals surface area contributed by atoms with E-state index < -0.39 is 29.6 Å². The number of fused-ring (bicyclic) bond motifs is 1. The lowest BCUT2D eigenvalue weighted by molar-refractivity contribution is -0.141. The van der Waals surface area contributed by atoms with Crippen molar-refractivity contribution in [3.63, 3.8) is 0 Å². The first-order chi connectivity index (χ1) is 19.4. The number of nitrogens with one attached hydrogen (secondary N) is 2. The van der Waals surface area contributed by atoms with Gasteiger partial charge in [-0.25, -0.2) is 0 Å². The number of hydrogen-bond donors (Lipinski definition) is 2. The van der Waals surface area contributed by atoms with Crippen LogP contribution in [-0.4, -0.2) is 77.0 Å². The van der Waals surface area contributed by atoms with Gasteiger partial charge in [0.2, 0.25) is 17.7 Å². The maximum absolute atomic E-state index is 14.2. The van der Waals surface area contributed by atoms with E-state index in [0.717, 1.165) is 45.1 Å². The molecule has 9 heteroatoms. The molecule has 1 aromatic carbocycles. The van der Waals surface area contributed by atoms with Crippen LogP contribution in [0.1, 0.15) is 64.7 Å². The van der Waals surface area contributed by atoms with E-state index >= 15 is 0 Å². The molecular formula is C31H41ClN4O4. The number of halogens is 1. The van der Waals surface area contributed by atoms with Crippen molar-refractivity contribution in [2.75, 3.05) is 25.0 Å². The molecule has 8 nitrogen and oxygen atoms in total. The van der Waals surface area contributed by atoms with Gasteiger partial charge in [0.05, 0.1) is 17.9 Å². The SMILES string of the molecule is CC[C@@H]1CCCCN1CCN1C(=O)[C@@H]2[C@@H](C(=O)Nc3cccc(Cl)c3)[C@@H]3C=C[C@@]2(O3)[C@@H]1C(=O)NC1CCCCC1. The lowest BCUT2D eigenvalue weighted by Gasteiger charge is -2.38. The van der Waals surface area contributed by atoms with Crippen LogP contribution in [-0.2, 0) is 19.1 Å². The Labute approximate surface area is 241 Å². The predicted octanol–water partition coefficient (Wildman–Crippen LogP) is 4.14. The molecule has 0 aromatic heterocycles. The molecule has 1 aromatic rings. The minimum atomic E-state index is -1.14. The lowest BCUT2D eigenvalue weighted by atomic mass is 9.74. The summed E-state index contributed by atoms with van der Waals surface area (Å²) in [7, 11) is 0. The van der Waals surface area contributed by atoms with Gasteiger partial charge < -0.3 is 20.3 Å². The molecule has 1 spiro atoms. The molecule has 6 rings (SSSR count). The quantitative estimate of drug-likeness (QED) is 0.460. The fraction of sp³-hybridized carbons (Fsp3) is 0.645. The summed E-state index contributed by atoms with van der Waals surface area (Å²) < 4.78 is 6.50. The van der Waals surface area contributed by atoms with E-state index in [-0.39, 0.29) is 23.8 Å². The maximum Gasteiger partial charge on any atom is 0.246 e. The average molecular weight is 569 g/mol. The summed E-state index contributed by atoms with van der Waals surface area (Å²) in [5, 5.41) is 6.74. The van der Waals surface area contributed by atoms with Crippen LogP contribution in [0.2, 0.25) is 5.02 Å². The summed E-state index contributed by atoms with van der Waals surface area (Å²) in [6, 6.07) is 6.80. The van der Waals surface area contributed by atoms with Crippen molar-refractivity contribution in [1.82, 2.24) is 15.1 Å². The van der Waals surface area contributed by atoms with Gasteiger partial charge >= 0.3 is 0 Å². The molecule has 1 saturated carbocycles. The van der Waals surface area contributed by atoms with E-state index in [1.165, 1.54) is 19.3 Å². The number of benzene rings is 1. The summed E-state index contributed by atoms with van der Waals surface area (Å²) in [6.07, 6.45) is 13.2. The van der Waals surface area contributed by atoms with Crippen LogP contribution < -0.4 is 10.6 Å². The van der Waals surface area contributed by atoms with E-state index in [0.29, 0.717) is 29.8 Å². The Bertz CT molecular complexity index is 1170. The third-order valence-corrected chi connectivity index (χ3v) is 10.1. The first-order valence-electron chi connectivity index (χ1n) is 15.2. The smallest absolute Gasteiger partial charge is 0.246 e.